The monoisotopic (exact) mass is 198 g/mol. The van der Waals surface area contributed by atoms with Crippen LogP contribution in [-0.2, 0) is 0 Å². The van der Waals surface area contributed by atoms with Crippen molar-refractivity contribution in [1.82, 2.24) is 4.98 Å². The number of anilines is 1. The number of nitrogens with zero attached hydrogens (tertiary/aromatic N) is 3. The number of nitrogen functional groups attached to an aromatic ring is 1. The number of benzene rings is 1. The Hall–Kier alpha value is -2.23. The molecule has 0 amide bonds. The van der Waals surface area contributed by atoms with Crippen molar-refractivity contribution in [2.75, 3.05) is 5.73 Å². The molecule has 4 heteroatoms. The summed E-state index contributed by atoms with van der Waals surface area (Å²) in [5.74, 6) is 0.583. The summed E-state index contributed by atoms with van der Waals surface area (Å²) in [4.78, 5) is 4.02. The third kappa shape index (κ3) is 2.60. The molecule has 0 aliphatic rings. The first-order valence-corrected chi connectivity index (χ1v) is 4.53. The van der Waals surface area contributed by atoms with Crippen molar-refractivity contribution in [2.24, 2.45) is 10.2 Å². The van der Waals surface area contributed by atoms with Gasteiger partial charge in [-0.1, -0.05) is 12.1 Å². The molecule has 0 spiro atoms. The van der Waals surface area contributed by atoms with E-state index in [-0.39, 0.29) is 0 Å². The molecule has 0 saturated carbocycles. The molecule has 0 aliphatic carbocycles. The summed E-state index contributed by atoms with van der Waals surface area (Å²) in [7, 11) is 0. The van der Waals surface area contributed by atoms with Crippen molar-refractivity contribution in [3.05, 3.63) is 48.7 Å². The topological polar surface area (TPSA) is 63.6 Å². The SMILES string of the molecule is Nc1cccc(N=Nc2ccccn2)c1. The van der Waals surface area contributed by atoms with Gasteiger partial charge in [0.1, 0.15) is 0 Å². The lowest BCUT2D eigenvalue weighted by Crippen LogP contribution is -1.81. The summed E-state index contributed by atoms with van der Waals surface area (Å²) in [6.45, 7) is 0. The van der Waals surface area contributed by atoms with E-state index >= 15 is 0 Å². The fraction of sp³-hybridized carbons (Fsp3) is 0. The normalized spacial score (nSPS) is 10.7. The van der Waals surface area contributed by atoms with Crippen LogP contribution in [0, 0.1) is 0 Å². The molecule has 15 heavy (non-hydrogen) atoms. The molecule has 0 saturated heterocycles. The molecule has 1 aromatic heterocycles. The second-order valence-electron chi connectivity index (χ2n) is 2.98. The maximum absolute atomic E-state index is 5.61. The maximum Gasteiger partial charge on any atom is 0.174 e. The predicted octanol–water partition coefficient (Wildman–Crippen LogP) is 3.08. The van der Waals surface area contributed by atoms with Gasteiger partial charge in [-0.2, -0.15) is 0 Å². The highest BCUT2D eigenvalue weighted by atomic mass is 15.1. The van der Waals surface area contributed by atoms with Gasteiger partial charge in [-0.25, -0.2) is 4.98 Å². The fourth-order valence-electron chi connectivity index (χ4n) is 1.11. The van der Waals surface area contributed by atoms with Gasteiger partial charge in [0.2, 0.25) is 0 Å². The summed E-state index contributed by atoms with van der Waals surface area (Å²) in [5, 5.41) is 8.00. The molecule has 0 bridgehead atoms. The average molecular weight is 198 g/mol. The molecule has 0 aliphatic heterocycles. The molecule has 2 aromatic rings. The first-order chi connectivity index (χ1) is 7.34. The minimum Gasteiger partial charge on any atom is -0.399 e. The summed E-state index contributed by atoms with van der Waals surface area (Å²) >= 11 is 0. The van der Waals surface area contributed by atoms with Gasteiger partial charge in [-0.15, -0.1) is 10.2 Å². The minimum atomic E-state index is 0.583. The van der Waals surface area contributed by atoms with E-state index in [0.717, 1.165) is 5.69 Å². The zero-order valence-corrected chi connectivity index (χ0v) is 8.04. The Balaban J connectivity index is 2.19. The van der Waals surface area contributed by atoms with E-state index in [2.05, 4.69) is 15.2 Å². The Morgan fingerprint density at radius 1 is 1.00 bits per heavy atom. The number of azo groups is 1. The maximum atomic E-state index is 5.61. The lowest BCUT2D eigenvalue weighted by atomic mass is 10.3. The largest absolute Gasteiger partial charge is 0.399 e. The Bertz CT molecular complexity index is 465. The average Bonchev–Trinajstić information content (AvgIpc) is 2.28. The highest BCUT2D eigenvalue weighted by Gasteiger charge is 1.90. The van der Waals surface area contributed by atoms with Crippen molar-refractivity contribution in [1.29, 1.82) is 0 Å². The highest BCUT2D eigenvalue weighted by Crippen LogP contribution is 2.18. The van der Waals surface area contributed by atoms with Crippen LogP contribution in [0.15, 0.2) is 58.9 Å². The van der Waals surface area contributed by atoms with Gasteiger partial charge in [-0.3, -0.25) is 0 Å². The number of hydrogen-bond donors (Lipinski definition) is 1. The van der Waals surface area contributed by atoms with Gasteiger partial charge in [0.05, 0.1) is 5.69 Å². The molecule has 1 heterocycles. The van der Waals surface area contributed by atoms with Gasteiger partial charge < -0.3 is 5.73 Å². The fourth-order valence-corrected chi connectivity index (χ4v) is 1.11. The van der Waals surface area contributed by atoms with E-state index in [0.29, 0.717) is 11.5 Å². The molecular formula is C11H10N4. The number of aromatic nitrogens is 1. The van der Waals surface area contributed by atoms with Crippen LogP contribution in [0.5, 0.6) is 0 Å². The molecule has 4 nitrogen and oxygen atoms in total. The molecule has 2 N–H and O–H groups in total. The summed E-state index contributed by atoms with van der Waals surface area (Å²) in [6, 6.07) is 12.7. The molecular weight excluding hydrogens is 188 g/mol. The van der Waals surface area contributed by atoms with Gasteiger partial charge >= 0.3 is 0 Å². The van der Waals surface area contributed by atoms with Crippen molar-refractivity contribution in [3.63, 3.8) is 0 Å². The Morgan fingerprint density at radius 3 is 2.67 bits per heavy atom. The summed E-state index contributed by atoms with van der Waals surface area (Å²) in [6.07, 6.45) is 1.67. The van der Waals surface area contributed by atoms with Crippen molar-refractivity contribution in [3.8, 4) is 0 Å². The molecule has 74 valence electrons. The second kappa shape index (κ2) is 4.32. The van der Waals surface area contributed by atoms with Crippen LogP contribution in [0.2, 0.25) is 0 Å². The standard InChI is InChI=1S/C11H10N4/c12-9-4-3-5-10(8-9)14-15-11-6-1-2-7-13-11/h1-8H,12H2. The lowest BCUT2D eigenvalue weighted by Gasteiger charge is -1.94. The van der Waals surface area contributed by atoms with Crippen LogP contribution in [-0.4, -0.2) is 4.98 Å². The predicted molar refractivity (Wildman–Crippen MR) is 59.3 cm³/mol. The molecule has 0 fully saturated rings. The third-order valence-corrected chi connectivity index (χ3v) is 1.79. The zero-order chi connectivity index (χ0) is 10.5. The van der Waals surface area contributed by atoms with Crippen LogP contribution in [0.25, 0.3) is 0 Å². The number of hydrogen-bond acceptors (Lipinski definition) is 4. The van der Waals surface area contributed by atoms with E-state index in [1.807, 2.05) is 24.3 Å². The van der Waals surface area contributed by atoms with Gasteiger partial charge in [0.15, 0.2) is 5.82 Å². The molecule has 2 rings (SSSR count). The zero-order valence-electron chi connectivity index (χ0n) is 8.04. The van der Waals surface area contributed by atoms with Crippen LogP contribution in [0.3, 0.4) is 0 Å². The van der Waals surface area contributed by atoms with E-state index in [1.165, 1.54) is 0 Å². The van der Waals surface area contributed by atoms with E-state index in [9.17, 15) is 0 Å². The van der Waals surface area contributed by atoms with E-state index < -0.39 is 0 Å². The van der Waals surface area contributed by atoms with Crippen molar-refractivity contribution in [2.45, 2.75) is 0 Å². The van der Waals surface area contributed by atoms with Crippen LogP contribution >= 0.6 is 0 Å². The third-order valence-electron chi connectivity index (χ3n) is 1.79. The van der Waals surface area contributed by atoms with Crippen LogP contribution < -0.4 is 5.73 Å². The number of nitrogens with two attached hydrogens (primary N) is 1. The minimum absolute atomic E-state index is 0.583. The van der Waals surface area contributed by atoms with Crippen molar-refractivity contribution < 1.29 is 0 Å². The van der Waals surface area contributed by atoms with Crippen LogP contribution in [0.1, 0.15) is 0 Å². The van der Waals surface area contributed by atoms with Gasteiger partial charge in [0.25, 0.3) is 0 Å². The Kier molecular flexibility index (Phi) is 2.69. The molecule has 1 aromatic carbocycles. The van der Waals surface area contributed by atoms with Crippen molar-refractivity contribution >= 4 is 17.2 Å². The second-order valence-corrected chi connectivity index (χ2v) is 2.98. The Labute approximate surface area is 87.5 Å². The van der Waals surface area contributed by atoms with E-state index in [4.69, 9.17) is 5.73 Å². The number of rotatable bonds is 2. The molecule has 0 radical (unpaired) electrons. The quantitative estimate of drug-likeness (QED) is 0.595. The first kappa shape index (κ1) is 9.33. The first-order valence-electron chi connectivity index (χ1n) is 4.53. The summed E-state index contributed by atoms with van der Waals surface area (Å²) < 4.78 is 0. The van der Waals surface area contributed by atoms with Gasteiger partial charge in [-0.05, 0) is 30.3 Å². The Morgan fingerprint density at radius 2 is 1.93 bits per heavy atom. The van der Waals surface area contributed by atoms with E-state index in [1.54, 1.807) is 24.4 Å². The molecule has 0 atom stereocenters. The smallest absolute Gasteiger partial charge is 0.174 e. The summed E-state index contributed by atoms with van der Waals surface area (Å²) in [5.41, 5.74) is 7.01. The lowest BCUT2D eigenvalue weighted by molar-refractivity contribution is 1.15. The van der Waals surface area contributed by atoms with Crippen LogP contribution in [0.4, 0.5) is 17.2 Å². The van der Waals surface area contributed by atoms with Gasteiger partial charge in [0, 0.05) is 11.9 Å². The molecule has 0 unspecified atom stereocenters. The highest BCUT2D eigenvalue weighted by molar-refractivity contribution is 5.50. The number of pyridine rings is 1.